The van der Waals surface area contributed by atoms with Crippen LogP contribution in [0.1, 0.15) is 38.3 Å². The first kappa shape index (κ1) is 11.7. The Morgan fingerprint density at radius 2 is 2.11 bits per heavy atom. The van der Waals surface area contributed by atoms with Gasteiger partial charge in [-0.25, -0.2) is 0 Å². The summed E-state index contributed by atoms with van der Waals surface area (Å²) >= 11 is 0. The summed E-state index contributed by atoms with van der Waals surface area (Å²) in [6.45, 7) is 5.79. The summed E-state index contributed by atoms with van der Waals surface area (Å²) in [5.41, 5.74) is 2.47. The molecule has 1 saturated heterocycles. The molecular formula is C16H20N2. The summed E-state index contributed by atoms with van der Waals surface area (Å²) < 4.78 is 0. The minimum absolute atomic E-state index is 0.558. The molecule has 1 aliphatic heterocycles. The average molecular weight is 240 g/mol. The average Bonchev–Trinajstić information content (AvgIpc) is 2.87. The molecule has 18 heavy (non-hydrogen) atoms. The third-order valence-electron chi connectivity index (χ3n) is 3.95. The summed E-state index contributed by atoms with van der Waals surface area (Å²) in [4.78, 5) is 7.18. The lowest BCUT2D eigenvalue weighted by Gasteiger charge is -2.28. The number of fused-ring (bicyclic) bond motifs is 1. The maximum absolute atomic E-state index is 4.59. The van der Waals surface area contributed by atoms with E-state index in [2.05, 4.69) is 54.2 Å². The Labute approximate surface area is 109 Å². The second kappa shape index (κ2) is 4.69. The van der Waals surface area contributed by atoms with Gasteiger partial charge in [0.15, 0.2) is 0 Å². The second-order valence-electron chi connectivity index (χ2n) is 5.45. The lowest BCUT2D eigenvalue weighted by Crippen LogP contribution is -2.30. The standard InChI is InChI=1S/C16H20N2/c1-12(2)18-9-5-8-16(18)14-10-13-6-3-4-7-15(13)17-11-14/h3-4,6-7,10-12,16H,5,8-9H2,1-2H3. The maximum Gasteiger partial charge on any atom is 0.0702 e. The van der Waals surface area contributed by atoms with Crippen LogP contribution >= 0.6 is 0 Å². The van der Waals surface area contributed by atoms with Crippen molar-refractivity contribution in [3.05, 3.63) is 42.1 Å². The zero-order chi connectivity index (χ0) is 12.5. The molecule has 0 N–H and O–H groups in total. The quantitative estimate of drug-likeness (QED) is 0.794. The van der Waals surface area contributed by atoms with Crippen LogP contribution in [0.2, 0.25) is 0 Å². The van der Waals surface area contributed by atoms with Crippen molar-refractivity contribution in [3.63, 3.8) is 0 Å². The molecule has 2 heteroatoms. The topological polar surface area (TPSA) is 16.1 Å². The van der Waals surface area contributed by atoms with Gasteiger partial charge in [0.1, 0.15) is 0 Å². The van der Waals surface area contributed by atoms with E-state index in [1.165, 1.54) is 30.3 Å². The highest BCUT2D eigenvalue weighted by molar-refractivity contribution is 5.78. The molecular weight excluding hydrogens is 220 g/mol. The van der Waals surface area contributed by atoms with Gasteiger partial charge in [-0.3, -0.25) is 9.88 Å². The lowest BCUT2D eigenvalue weighted by atomic mass is 10.0. The fourth-order valence-electron chi connectivity index (χ4n) is 3.04. The summed E-state index contributed by atoms with van der Waals surface area (Å²) in [6.07, 6.45) is 4.63. The van der Waals surface area contributed by atoms with Gasteiger partial charge in [0.2, 0.25) is 0 Å². The normalized spacial score (nSPS) is 20.9. The highest BCUT2D eigenvalue weighted by atomic mass is 15.2. The monoisotopic (exact) mass is 240 g/mol. The Morgan fingerprint density at radius 1 is 1.28 bits per heavy atom. The van der Waals surface area contributed by atoms with E-state index in [0.717, 1.165) is 5.52 Å². The molecule has 3 rings (SSSR count). The zero-order valence-electron chi connectivity index (χ0n) is 11.1. The van der Waals surface area contributed by atoms with Gasteiger partial charge < -0.3 is 0 Å². The van der Waals surface area contributed by atoms with Crippen molar-refractivity contribution in [1.29, 1.82) is 0 Å². The maximum atomic E-state index is 4.59. The first-order valence-electron chi connectivity index (χ1n) is 6.86. The number of hydrogen-bond donors (Lipinski definition) is 0. The molecule has 2 heterocycles. The minimum Gasteiger partial charge on any atom is -0.294 e. The van der Waals surface area contributed by atoms with Crippen molar-refractivity contribution < 1.29 is 0 Å². The fraction of sp³-hybridized carbons (Fsp3) is 0.438. The largest absolute Gasteiger partial charge is 0.294 e. The molecule has 0 saturated carbocycles. The summed E-state index contributed by atoms with van der Waals surface area (Å²) in [5.74, 6) is 0. The number of pyridine rings is 1. The van der Waals surface area contributed by atoms with Crippen molar-refractivity contribution in [1.82, 2.24) is 9.88 Å². The third kappa shape index (κ3) is 2.01. The molecule has 0 radical (unpaired) electrons. The molecule has 1 aromatic heterocycles. The van der Waals surface area contributed by atoms with Gasteiger partial charge in [0.05, 0.1) is 5.52 Å². The lowest BCUT2D eigenvalue weighted by molar-refractivity contribution is 0.205. The van der Waals surface area contributed by atoms with Crippen LogP contribution in [0, 0.1) is 0 Å². The molecule has 0 amide bonds. The predicted octanol–water partition coefficient (Wildman–Crippen LogP) is 3.78. The van der Waals surface area contributed by atoms with Crippen LogP contribution < -0.4 is 0 Å². The Hall–Kier alpha value is -1.41. The van der Waals surface area contributed by atoms with Crippen molar-refractivity contribution >= 4 is 10.9 Å². The molecule has 0 aliphatic carbocycles. The molecule has 0 bridgehead atoms. The zero-order valence-corrected chi connectivity index (χ0v) is 11.1. The van der Waals surface area contributed by atoms with Crippen molar-refractivity contribution in [2.24, 2.45) is 0 Å². The molecule has 1 aromatic carbocycles. The van der Waals surface area contributed by atoms with E-state index >= 15 is 0 Å². The smallest absolute Gasteiger partial charge is 0.0702 e. The number of para-hydroxylation sites is 1. The Morgan fingerprint density at radius 3 is 2.94 bits per heavy atom. The first-order chi connectivity index (χ1) is 8.75. The number of aromatic nitrogens is 1. The SMILES string of the molecule is CC(C)N1CCCC1c1cnc2ccccc2c1. The van der Waals surface area contributed by atoms with Crippen LogP contribution in [0.4, 0.5) is 0 Å². The summed E-state index contributed by atoms with van der Waals surface area (Å²) in [5, 5.41) is 1.26. The molecule has 1 atom stereocenters. The van der Waals surface area contributed by atoms with Crippen LogP contribution in [-0.4, -0.2) is 22.5 Å². The van der Waals surface area contributed by atoms with E-state index in [1.54, 1.807) is 0 Å². The highest BCUT2D eigenvalue weighted by Gasteiger charge is 2.27. The summed E-state index contributed by atoms with van der Waals surface area (Å²) in [7, 11) is 0. The molecule has 2 aromatic rings. The van der Waals surface area contributed by atoms with Crippen LogP contribution in [0.25, 0.3) is 10.9 Å². The van der Waals surface area contributed by atoms with Gasteiger partial charge >= 0.3 is 0 Å². The van der Waals surface area contributed by atoms with Crippen LogP contribution in [0.15, 0.2) is 36.5 Å². The van der Waals surface area contributed by atoms with Gasteiger partial charge in [-0.2, -0.15) is 0 Å². The van der Waals surface area contributed by atoms with E-state index in [-0.39, 0.29) is 0 Å². The number of likely N-dealkylation sites (tertiary alicyclic amines) is 1. The van der Waals surface area contributed by atoms with Crippen LogP contribution in [0.5, 0.6) is 0 Å². The molecule has 94 valence electrons. The molecule has 1 aliphatic rings. The van der Waals surface area contributed by atoms with Gasteiger partial charge in [-0.05, 0) is 50.9 Å². The van der Waals surface area contributed by atoms with E-state index in [4.69, 9.17) is 0 Å². The van der Waals surface area contributed by atoms with Gasteiger partial charge in [0, 0.05) is 23.7 Å². The van der Waals surface area contributed by atoms with Gasteiger partial charge in [0.25, 0.3) is 0 Å². The van der Waals surface area contributed by atoms with Crippen molar-refractivity contribution in [2.45, 2.75) is 38.8 Å². The molecule has 2 nitrogen and oxygen atoms in total. The number of hydrogen-bond acceptors (Lipinski definition) is 2. The first-order valence-corrected chi connectivity index (χ1v) is 6.86. The van der Waals surface area contributed by atoms with E-state index in [9.17, 15) is 0 Å². The van der Waals surface area contributed by atoms with E-state index in [0.29, 0.717) is 12.1 Å². The van der Waals surface area contributed by atoms with Gasteiger partial charge in [-0.1, -0.05) is 18.2 Å². The second-order valence-corrected chi connectivity index (χ2v) is 5.45. The van der Waals surface area contributed by atoms with Crippen LogP contribution in [-0.2, 0) is 0 Å². The van der Waals surface area contributed by atoms with Crippen molar-refractivity contribution in [2.75, 3.05) is 6.54 Å². The molecule has 0 spiro atoms. The van der Waals surface area contributed by atoms with Crippen molar-refractivity contribution in [3.8, 4) is 0 Å². The predicted molar refractivity (Wildman–Crippen MR) is 75.6 cm³/mol. The Bertz CT molecular complexity index is 548. The van der Waals surface area contributed by atoms with Crippen LogP contribution in [0.3, 0.4) is 0 Å². The molecule has 1 unspecified atom stereocenters. The summed E-state index contributed by atoms with van der Waals surface area (Å²) in [6, 6.07) is 11.8. The Kier molecular flexibility index (Phi) is 3.04. The van der Waals surface area contributed by atoms with E-state index in [1.807, 2.05) is 6.07 Å². The third-order valence-corrected chi connectivity index (χ3v) is 3.95. The van der Waals surface area contributed by atoms with E-state index < -0.39 is 0 Å². The number of nitrogens with zero attached hydrogens (tertiary/aromatic N) is 2. The Balaban J connectivity index is 1.98. The fourth-order valence-corrected chi connectivity index (χ4v) is 3.04. The minimum atomic E-state index is 0.558. The van der Waals surface area contributed by atoms with Gasteiger partial charge in [-0.15, -0.1) is 0 Å². The molecule has 1 fully saturated rings. The number of benzene rings is 1. The number of rotatable bonds is 2. The highest BCUT2D eigenvalue weighted by Crippen LogP contribution is 2.34.